The summed E-state index contributed by atoms with van der Waals surface area (Å²) in [6.07, 6.45) is 1.91. The van der Waals surface area contributed by atoms with Gasteiger partial charge in [0, 0.05) is 18.4 Å². The van der Waals surface area contributed by atoms with Crippen LogP contribution in [0.3, 0.4) is 0 Å². The van der Waals surface area contributed by atoms with Crippen LogP contribution >= 0.6 is 0 Å². The number of nitrogen functional groups attached to an aromatic ring is 1. The third-order valence-electron chi connectivity index (χ3n) is 2.53. The third-order valence-corrected chi connectivity index (χ3v) is 2.53. The van der Waals surface area contributed by atoms with E-state index in [0.29, 0.717) is 24.2 Å². The molecule has 1 atom stereocenters. The Hall–Kier alpha value is -1.16. The topological polar surface area (TPSA) is 61.0 Å². The summed E-state index contributed by atoms with van der Waals surface area (Å²) >= 11 is 0. The Bertz CT molecular complexity index is 353. The van der Waals surface area contributed by atoms with Gasteiger partial charge in [-0.25, -0.2) is 9.97 Å². The largest absolute Gasteiger partial charge is 0.384 e. The normalized spacial score (nSPS) is 13.0. The van der Waals surface area contributed by atoms with Crippen LogP contribution in [0.1, 0.15) is 51.7 Å². The molecule has 2 N–H and O–H groups in total. The zero-order chi connectivity index (χ0) is 12.8. The fourth-order valence-electron chi connectivity index (χ4n) is 1.80. The van der Waals surface area contributed by atoms with Gasteiger partial charge in [-0.2, -0.15) is 0 Å². The lowest BCUT2D eigenvalue weighted by Gasteiger charge is -2.20. The average molecular weight is 237 g/mol. The predicted octanol–water partition coefficient (Wildman–Crippen LogP) is 2.74. The molecule has 0 aliphatic heterocycles. The summed E-state index contributed by atoms with van der Waals surface area (Å²) in [5.41, 5.74) is 6.82. The standard InChI is InChI=1S/C13H23N3O/c1-5-7-10-8-11(14)16-13(15-10)12(9(3)4)17-6-2/h8-9,12H,5-7H2,1-4H3,(H2,14,15,16). The van der Waals surface area contributed by atoms with Crippen LogP contribution in [0.4, 0.5) is 5.82 Å². The first-order valence-corrected chi connectivity index (χ1v) is 6.33. The number of ether oxygens (including phenoxy) is 1. The third kappa shape index (κ3) is 3.97. The van der Waals surface area contributed by atoms with E-state index in [9.17, 15) is 0 Å². The predicted molar refractivity (Wildman–Crippen MR) is 69.6 cm³/mol. The fourth-order valence-corrected chi connectivity index (χ4v) is 1.80. The van der Waals surface area contributed by atoms with Crippen LogP contribution in [0.15, 0.2) is 6.07 Å². The lowest BCUT2D eigenvalue weighted by atomic mass is 10.1. The summed E-state index contributed by atoms with van der Waals surface area (Å²) in [5.74, 6) is 1.58. The molecule has 0 bridgehead atoms. The molecule has 1 aromatic heterocycles. The maximum Gasteiger partial charge on any atom is 0.159 e. The van der Waals surface area contributed by atoms with Crippen molar-refractivity contribution in [3.05, 3.63) is 17.6 Å². The minimum Gasteiger partial charge on any atom is -0.384 e. The second-order valence-electron chi connectivity index (χ2n) is 4.51. The van der Waals surface area contributed by atoms with E-state index < -0.39 is 0 Å². The van der Waals surface area contributed by atoms with Crippen LogP contribution in [0.5, 0.6) is 0 Å². The van der Waals surface area contributed by atoms with E-state index in [1.165, 1.54) is 0 Å². The smallest absolute Gasteiger partial charge is 0.159 e. The highest BCUT2D eigenvalue weighted by Gasteiger charge is 2.19. The lowest BCUT2D eigenvalue weighted by molar-refractivity contribution is 0.0231. The Morgan fingerprint density at radius 3 is 2.53 bits per heavy atom. The van der Waals surface area contributed by atoms with Crippen LogP contribution < -0.4 is 5.73 Å². The van der Waals surface area contributed by atoms with Crippen molar-refractivity contribution < 1.29 is 4.74 Å². The van der Waals surface area contributed by atoms with Gasteiger partial charge >= 0.3 is 0 Å². The van der Waals surface area contributed by atoms with Gasteiger partial charge in [0.2, 0.25) is 0 Å². The summed E-state index contributed by atoms with van der Waals surface area (Å²) in [4.78, 5) is 8.85. The van der Waals surface area contributed by atoms with Crippen molar-refractivity contribution in [1.29, 1.82) is 0 Å². The number of aromatic nitrogens is 2. The molecular weight excluding hydrogens is 214 g/mol. The number of nitrogens with two attached hydrogens (primary N) is 1. The molecule has 1 heterocycles. The number of hydrogen-bond donors (Lipinski definition) is 1. The van der Waals surface area contributed by atoms with Gasteiger partial charge in [-0.3, -0.25) is 0 Å². The molecule has 0 fully saturated rings. The molecule has 4 heteroatoms. The molecule has 0 saturated heterocycles. The molecule has 0 aromatic carbocycles. The Morgan fingerprint density at radius 2 is 2.00 bits per heavy atom. The second-order valence-corrected chi connectivity index (χ2v) is 4.51. The quantitative estimate of drug-likeness (QED) is 0.826. The van der Waals surface area contributed by atoms with Crippen LogP contribution in [0.2, 0.25) is 0 Å². The van der Waals surface area contributed by atoms with Crippen molar-refractivity contribution in [2.75, 3.05) is 12.3 Å². The van der Waals surface area contributed by atoms with Gasteiger partial charge in [0.25, 0.3) is 0 Å². The summed E-state index contributed by atoms with van der Waals surface area (Å²) in [5, 5.41) is 0. The number of hydrogen-bond acceptors (Lipinski definition) is 4. The lowest BCUT2D eigenvalue weighted by Crippen LogP contribution is -2.16. The highest BCUT2D eigenvalue weighted by atomic mass is 16.5. The van der Waals surface area contributed by atoms with E-state index in [-0.39, 0.29) is 6.10 Å². The second kappa shape index (κ2) is 6.55. The van der Waals surface area contributed by atoms with Crippen LogP contribution in [-0.4, -0.2) is 16.6 Å². The average Bonchev–Trinajstić information content (AvgIpc) is 2.25. The molecule has 0 amide bonds. The van der Waals surface area contributed by atoms with Crippen molar-refractivity contribution in [3.8, 4) is 0 Å². The molecule has 4 nitrogen and oxygen atoms in total. The SMILES string of the molecule is CCCc1cc(N)nc(C(OCC)C(C)C)n1. The minimum absolute atomic E-state index is 0.0703. The van der Waals surface area contributed by atoms with E-state index in [1.807, 2.05) is 13.0 Å². The zero-order valence-electron chi connectivity index (χ0n) is 11.2. The molecule has 96 valence electrons. The van der Waals surface area contributed by atoms with Gasteiger partial charge in [-0.1, -0.05) is 27.2 Å². The van der Waals surface area contributed by atoms with Gasteiger partial charge in [0.15, 0.2) is 5.82 Å². The van der Waals surface area contributed by atoms with E-state index >= 15 is 0 Å². The van der Waals surface area contributed by atoms with E-state index in [0.717, 1.165) is 18.5 Å². The summed E-state index contributed by atoms with van der Waals surface area (Å²) in [7, 11) is 0. The van der Waals surface area contributed by atoms with Crippen LogP contribution in [-0.2, 0) is 11.2 Å². The maximum absolute atomic E-state index is 5.82. The molecule has 0 aliphatic rings. The first-order chi connectivity index (χ1) is 8.08. The first kappa shape index (κ1) is 13.9. The van der Waals surface area contributed by atoms with Gasteiger partial charge in [0.1, 0.15) is 11.9 Å². The molecular formula is C13H23N3O. The number of aryl methyl sites for hydroxylation is 1. The van der Waals surface area contributed by atoms with E-state index in [1.54, 1.807) is 0 Å². The fraction of sp³-hybridized carbons (Fsp3) is 0.692. The van der Waals surface area contributed by atoms with Crippen LogP contribution in [0.25, 0.3) is 0 Å². The van der Waals surface area contributed by atoms with Crippen molar-refractivity contribution in [2.45, 2.75) is 46.6 Å². The minimum atomic E-state index is -0.0703. The van der Waals surface area contributed by atoms with Gasteiger partial charge in [0.05, 0.1) is 0 Å². The zero-order valence-corrected chi connectivity index (χ0v) is 11.2. The Balaban J connectivity index is 3.00. The van der Waals surface area contributed by atoms with E-state index in [2.05, 4.69) is 30.7 Å². The highest BCUT2D eigenvalue weighted by molar-refractivity contribution is 5.30. The van der Waals surface area contributed by atoms with Crippen molar-refractivity contribution in [3.63, 3.8) is 0 Å². The summed E-state index contributed by atoms with van der Waals surface area (Å²) in [6.45, 7) is 8.97. The maximum atomic E-state index is 5.82. The van der Waals surface area contributed by atoms with Crippen molar-refractivity contribution in [1.82, 2.24) is 9.97 Å². The monoisotopic (exact) mass is 237 g/mol. The molecule has 1 aromatic rings. The number of anilines is 1. The van der Waals surface area contributed by atoms with Gasteiger partial charge in [-0.15, -0.1) is 0 Å². The summed E-state index contributed by atoms with van der Waals surface area (Å²) in [6, 6.07) is 1.84. The van der Waals surface area contributed by atoms with Gasteiger partial charge in [-0.05, 0) is 19.3 Å². The molecule has 0 saturated carbocycles. The number of rotatable bonds is 6. The molecule has 17 heavy (non-hydrogen) atoms. The first-order valence-electron chi connectivity index (χ1n) is 6.33. The molecule has 0 spiro atoms. The molecule has 1 rings (SSSR count). The van der Waals surface area contributed by atoms with E-state index in [4.69, 9.17) is 10.5 Å². The molecule has 1 unspecified atom stereocenters. The molecule has 0 radical (unpaired) electrons. The van der Waals surface area contributed by atoms with Crippen molar-refractivity contribution in [2.24, 2.45) is 5.92 Å². The van der Waals surface area contributed by atoms with Crippen molar-refractivity contribution >= 4 is 5.82 Å². The Labute approximate surface area is 104 Å². The number of nitrogens with zero attached hydrogens (tertiary/aromatic N) is 2. The molecule has 0 aliphatic carbocycles. The van der Waals surface area contributed by atoms with Gasteiger partial charge < -0.3 is 10.5 Å². The summed E-state index contributed by atoms with van der Waals surface area (Å²) < 4.78 is 5.70. The highest BCUT2D eigenvalue weighted by Crippen LogP contribution is 2.23. The van der Waals surface area contributed by atoms with Crippen LogP contribution in [0, 0.1) is 5.92 Å². The Morgan fingerprint density at radius 1 is 1.29 bits per heavy atom. The Kier molecular flexibility index (Phi) is 5.35.